The Morgan fingerprint density at radius 2 is 1.67 bits per heavy atom. The summed E-state index contributed by atoms with van der Waals surface area (Å²) in [6.45, 7) is 3.57. The molecule has 0 saturated heterocycles. The first-order chi connectivity index (χ1) is 12.9. The van der Waals surface area contributed by atoms with Crippen LogP contribution in [0.25, 0.3) is 10.8 Å². The van der Waals surface area contributed by atoms with E-state index in [1.54, 1.807) is 56.4 Å². The molecule has 7 heteroatoms. The molecular formula is C20H21N3O3S. The number of anilines is 1. The Bertz CT molecular complexity index is 1050. The maximum absolute atomic E-state index is 12.8. The first-order valence-corrected chi connectivity index (χ1v) is 10.1. The van der Waals surface area contributed by atoms with Gasteiger partial charge in [-0.2, -0.15) is 4.72 Å². The number of rotatable bonds is 6. The van der Waals surface area contributed by atoms with E-state index in [-0.39, 0.29) is 10.8 Å². The molecule has 0 bridgehead atoms. The smallest absolute Gasteiger partial charge is 0.243 e. The number of hydrogen-bond donors (Lipinski definition) is 2. The van der Waals surface area contributed by atoms with Crippen molar-refractivity contribution in [1.82, 2.24) is 9.71 Å². The molecule has 0 aliphatic rings. The van der Waals surface area contributed by atoms with Crippen LogP contribution < -0.4 is 10.0 Å². The third-order valence-electron chi connectivity index (χ3n) is 4.18. The van der Waals surface area contributed by atoms with E-state index >= 15 is 0 Å². The zero-order chi connectivity index (χ0) is 19.4. The highest BCUT2D eigenvalue weighted by Gasteiger charge is 2.28. The van der Waals surface area contributed by atoms with Gasteiger partial charge >= 0.3 is 0 Å². The molecule has 27 heavy (non-hydrogen) atoms. The molecule has 1 unspecified atom stereocenters. The number of nitrogens with zero attached hydrogens (tertiary/aromatic N) is 1. The van der Waals surface area contributed by atoms with E-state index < -0.39 is 22.0 Å². The fourth-order valence-electron chi connectivity index (χ4n) is 2.70. The number of benzene rings is 2. The van der Waals surface area contributed by atoms with Crippen LogP contribution in [0.5, 0.6) is 0 Å². The van der Waals surface area contributed by atoms with Crippen LogP contribution in [-0.2, 0) is 14.8 Å². The second kappa shape index (κ2) is 7.85. The van der Waals surface area contributed by atoms with Crippen LogP contribution in [0.2, 0.25) is 0 Å². The lowest BCUT2D eigenvalue weighted by molar-refractivity contribution is -0.118. The summed E-state index contributed by atoms with van der Waals surface area (Å²) in [5.41, 5.74) is 0. The quantitative estimate of drug-likeness (QED) is 0.684. The second-order valence-electron chi connectivity index (χ2n) is 6.56. The average Bonchev–Trinajstić information content (AvgIpc) is 2.66. The molecule has 3 rings (SSSR count). The van der Waals surface area contributed by atoms with E-state index in [0.29, 0.717) is 5.82 Å². The highest BCUT2D eigenvalue weighted by Crippen LogP contribution is 2.20. The maximum Gasteiger partial charge on any atom is 0.243 e. The molecule has 0 saturated carbocycles. The second-order valence-corrected chi connectivity index (χ2v) is 8.27. The van der Waals surface area contributed by atoms with Crippen LogP contribution in [0.3, 0.4) is 0 Å². The summed E-state index contributed by atoms with van der Waals surface area (Å²) in [5, 5.41) is 4.42. The fourth-order valence-corrected chi connectivity index (χ4v) is 4.08. The van der Waals surface area contributed by atoms with Gasteiger partial charge in [-0.15, -0.1) is 0 Å². The molecule has 0 aliphatic heterocycles. The molecule has 1 atom stereocenters. The minimum absolute atomic E-state index is 0.123. The number of carbonyl (C=O) groups is 1. The van der Waals surface area contributed by atoms with Gasteiger partial charge in [-0.25, -0.2) is 13.4 Å². The maximum atomic E-state index is 12.8. The first kappa shape index (κ1) is 19.0. The van der Waals surface area contributed by atoms with E-state index in [1.165, 1.54) is 0 Å². The minimum atomic E-state index is -3.86. The standard InChI is InChI=1S/C20H21N3O3S/c1-14(2)19(20(24)22-18-9-5-6-12-21-18)23-27(25,26)17-11-10-15-7-3-4-8-16(15)13-17/h3-14,19,23H,1-2H3,(H,21,22,24). The van der Waals surface area contributed by atoms with Gasteiger partial charge in [0.25, 0.3) is 0 Å². The molecule has 6 nitrogen and oxygen atoms in total. The van der Waals surface area contributed by atoms with Gasteiger partial charge in [-0.05, 0) is 41.0 Å². The van der Waals surface area contributed by atoms with Crippen LogP contribution in [-0.4, -0.2) is 25.4 Å². The Morgan fingerprint density at radius 3 is 2.33 bits per heavy atom. The Morgan fingerprint density at radius 1 is 0.963 bits per heavy atom. The van der Waals surface area contributed by atoms with Gasteiger partial charge in [0.1, 0.15) is 11.9 Å². The number of nitrogens with one attached hydrogen (secondary N) is 2. The van der Waals surface area contributed by atoms with Crippen LogP contribution in [0.15, 0.2) is 71.8 Å². The molecule has 1 heterocycles. The summed E-state index contributed by atoms with van der Waals surface area (Å²) >= 11 is 0. The molecule has 2 N–H and O–H groups in total. The van der Waals surface area contributed by atoms with Crippen molar-refractivity contribution in [2.45, 2.75) is 24.8 Å². The lowest BCUT2D eigenvalue weighted by atomic mass is 10.1. The van der Waals surface area contributed by atoms with E-state index in [4.69, 9.17) is 0 Å². The van der Waals surface area contributed by atoms with Crippen molar-refractivity contribution in [2.75, 3.05) is 5.32 Å². The largest absolute Gasteiger partial charge is 0.309 e. The van der Waals surface area contributed by atoms with Crippen molar-refractivity contribution < 1.29 is 13.2 Å². The Kier molecular flexibility index (Phi) is 5.53. The third-order valence-corrected chi connectivity index (χ3v) is 5.62. The van der Waals surface area contributed by atoms with E-state index in [1.807, 2.05) is 24.3 Å². The van der Waals surface area contributed by atoms with Crippen LogP contribution >= 0.6 is 0 Å². The van der Waals surface area contributed by atoms with Gasteiger partial charge in [0, 0.05) is 6.20 Å². The molecule has 0 aliphatic carbocycles. The number of carbonyl (C=O) groups excluding carboxylic acids is 1. The molecule has 1 aromatic heterocycles. The summed E-state index contributed by atoms with van der Waals surface area (Å²) < 4.78 is 28.2. The predicted molar refractivity (Wildman–Crippen MR) is 106 cm³/mol. The number of aromatic nitrogens is 1. The summed E-state index contributed by atoms with van der Waals surface area (Å²) in [7, 11) is -3.86. The van der Waals surface area contributed by atoms with Gasteiger partial charge in [-0.3, -0.25) is 4.79 Å². The van der Waals surface area contributed by atoms with Crippen molar-refractivity contribution >= 4 is 32.5 Å². The van der Waals surface area contributed by atoms with Gasteiger partial charge in [-0.1, -0.05) is 50.2 Å². The van der Waals surface area contributed by atoms with E-state index in [0.717, 1.165) is 10.8 Å². The Balaban J connectivity index is 1.84. The number of fused-ring (bicyclic) bond motifs is 1. The molecule has 2 aromatic carbocycles. The monoisotopic (exact) mass is 383 g/mol. The van der Waals surface area contributed by atoms with Crippen molar-refractivity contribution in [2.24, 2.45) is 5.92 Å². The predicted octanol–water partition coefficient (Wildman–Crippen LogP) is 3.18. The van der Waals surface area contributed by atoms with Crippen LogP contribution in [0.4, 0.5) is 5.82 Å². The average molecular weight is 383 g/mol. The number of sulfonamides is 1. The molecule has 1 amide bonds. The van der Waals surface area contributed by atoms with Crippen molar-refractivity contribution in [1.29, 1.82) is 0 Å². The Labute approximate surface area is 158 Å². The van der Waals surface area contributed by atoms with Crippen LogP contribution in [0.1, 0.15) is 13.8 Å². The highest BCUT2D eigenvalue weighted by atomic mass is 32.2. The van der Waals surface area contributed by atoms with Crippen LogP contribution in [0, 0.1) is 5.92 Å². The lowest BCUT2D eigenvalue weighted by Crippen LogP contribution is -2.47. The lowest BCUT2D eigenvalue weighted by Gasteiger charge is -2.21. The van der Waals surface area contributed by atoms with Crippen molar-refractivity contribution in [3.8, 4) is 0 Å². The van der Waals surface area contributed by atoms with E-state index in [2.05, 4.69) is 15.0 Å². The SMILES string of the molecule is CC(C)C(NS(=O)(=O)c1ccc2ccccc2c1)C(=O)Nc1ccccn1. The highest BCUT2D eigenvalue weighted by molar-refractivity contribution is 7.89. The number of hydrogen-bond acceptors (Lipinski definition) is 4. The van der Waals surface area contributed by atoms with Crippen molar-refractivity contribution in [3.05, 3.63) is 66.9 Å². The molecule has 0 radical (unpaired) electrons. The summed E-state index contributed by atoms with van der Waals surface area (Å²) in [6.07, 6.45) is 1.55. The van der Waals surface area contributed by atoms with Crippen molar-refractivity contribution in [3.63, 3.8) is 0 Å². The zero-order valence-corrected chi connectivity index (χ0v) is 15.9. The summed E-state index contributed by atoms with van der Waals surface area (Å²) in [4.78, 5) is 16.8. The zero-order valence-electron chi connectivity index (χ0n) is 15.1. The normalized spacial score (nSPS) is 12.9. The Hall–Kier alpha value is -2.77. The molecule has 0 fully saturated rings. The molecule has 140 valence electrons. The fraction of sp³-hybridized carbons (Fsp3) is 0.200. The molecular weight excluding hydrogens is 362 g/mol. The minimum Gasteiger partial charge on any atom is -0.309 e. The number of amides is 1. The topological polar surface area (TPSA) is 88.2 Å². The van der Waals surface area contributed by atoms with Gasteiger partial charge in [0.05, 0.1) is 4.90 Å². The number of pyridine rings is 1. The van der Waals surface area contributed by atoms with Gasteiger partial charge in [0.15, 0.2) is 0 Å². The first-order valence-electron chi connectivity index (χ1n) is 8.60. The summed E-state index contributed by atoms with van der Waals surface area (Å²) in [6, 6.07) is 16.6. The van der Waals surface area contributed by atoms with E-state index in [9.17, 15) is 13.2 Å². The van der Waals surface area contributed by atoms with Gasteiger partial charge in [0.2, 0.25) is 15.9 Å². The van der Waals surface area contributed by atoms with Gasteiger partial charge < -0.3 is 5.32 Å². The third kappa shape index (κ3) is 4.50. The molecule has 0 spiro atoms. The molecule has 3 aromatic rings. The summed E-state index contributed by atoms with van der Waals surface area (Å²) in [5.74, 6) is -0.324.